The van der Waals surface area contributed by atoms with Crippen molar-refractivity contribution >= 4 is 23.2 Å². The fourth-order valence-corrected chi connectivity index (χ4v) is 3.01. The van der Waals surface area contributed by atoms with Crippen molar-refractivity contribution in [3.8, 4) is 17.2 Å². The van der Waals surface area contributed by atoms with E-state index in [-0.39, 0.29) is 18.4 Å². The molecule has 31 heavy (non-hydrogen) atoms. The molecule has 0 aromatic heterocycles. The van der Waals surface area contributed by atoms with Gasteiger partial charge in [-0.05, 0) is 55.0 Å². The molecule has 4 rings (SSSR count). The molecular formula is C24H22N2O5. The summed E-state index contributed by atoms with van der Waals surface area (Å²) in [6.45, 7) is 2.00. The molecule has 0 spiro atoms. The highest BCUT2D eigenvalue weighted by Crippen LogP contribution is 2.32. The lowest BCUT2D eigenvalue weighted by molar-refractivity contribution is -0.122. The first-order chi connectivity index (χ1) is 15.1. The maximum absolute atomic E-state index is 12.2. The van der Waals surface area contributed by atoms with Crippen molar-refractivity contribution in [2.24, 2.45) is 0 Å². The summed E-state index contributed by atoms with van der Waals surface area (Å²) in [5.74, 6) is 1.29. The van der Waals surface area contributed by atoms with Crippen LogP contribution in [0.5, 0.6) is 17.2 Å². The molecule has 0 radical (unpaired) electrons. The average Bonchev–Trinajstić information content (AvgIpc) is 2.79. The molecule has 158 valence electrons. The Morgan fingerprint density at radius 1 is 1.00 bits per heavy atom. The van der Waals surface area contributed by atoms with Gasteiger partial charge in [0.05, 0.1) is 5.69 Å². The Morgan fingerprint density at radius 3 is 2.45 bits per heavy atom. The van der Waals surface area contributed by atoms with Gasteiger partial charge in [0.15, 0.2) is 12.7 Å². The SMILES string of the molecule is CC1Oc2ccc(NC(=O)COc3ccc(OCc4ccccc4)cc3)cc2NC1=O. The minimum Gasteiger partial charge on any atom is -0.489 e. The fraction of sp³-hybridized carbons (Fsp3) is 0.167. The van der Waals surface area contributed by atoms with Crippen LogP contribution in [0.2, 0.25) is 0 Å². The summed E-state index contributed by atoms with van der Waals surface area (Å²) in [5.41, 5.74) is 2.14. The summed E-state index contributed by atoms with van der Waals surface area (Å²) in [7, 11) is 0. The summed E-state index contributed by atoms with van der Waals surface area (Å²) in [4.78, 5) is 24.0. The van der Waals surface area contributed by atoms with Gasteiger partial charge >= 0.3 is 0 Å². The molecule has 1 aliphatic heterocycles. The lowest BCUT2D eigenvalue weighted by Crippen LogP contribution is -2.34. The van der Waals surface area contributed by atoms with E-state index in [4.69, 9.17) is 14.2 Å². The molecule has 2 amide bonds. The number of carbonyl (C=O) groups is 2. The standard InChI is InChI=1S/C24H22N2O5/c1-16-24(28)26-21-13-18(7-12-22(21)31-16)25-23(27)15-30-20-10-8-19(9-11-20)29-14-17-5-3-2-4-6-17/h2-13,16H,14-15H2,1H3,(H,25,27)(H,26,28). The molecule has 2 N–H and O–H groups in total. The largest absolute Gasteiger partial charge is 0.489 e. The van der Waals surface area contributed by atoms with Gasteiger partial charge in [-0.2, -0.15) is 0 Å². The predicted octanol–water partition coefficient (Wildman–Crippen LogP) is 4.00. The molecule has 0 aliphatic carbocycles. The van der Waals surface area contributed by atoms with Gasteiger partial charge in [0.1, 0.15) is 23.9 Å². The van der Waals surface area contributed by atoms with E-state index in [9.17, 15) is 9.59 Å². The van der Waals surface area contributed by atoms with E-state index < -0.39 is 6.10 Å². The van der Waals surface area contributed by atoms with Crippen molar-refractivity contribution in [1.29, 1.82) is 0 Å². The Kier molecular flexibility index (Phi) is 6.03. The number of ether oxygens (including phenoxy) is 3. The van der Waals surface area contributed by atoms with E-state index in [1.807, 2.05) is 30.3 Å². The van der Waals surface area contributed by atoms with E-state index in [1.165, 1.54) is 0 Å². The van der Waals surface area contributed by atoms with Crippen LogP contribution in [-0.4, -0.2) is 24.5 Å². The van der Waals surface area contributed by atoms with Crippen molar-refractivity contribution in [2.45, 2.75) is 19.6 Å². The Morgan fingerprint density at radius 2 is 1.71 bits per heavy atom. The van der Waals surface area contributed by atoms with Crippen molar-refractivity contribution in [2.75, 3.05) is 17.2 Å². The number of hydrogen-bond acceptors (Lipinski definition) is 5. The van der Waals surface area contributed by atoms with Gasteiger partial charge in [-0.15, -0.1) is 0 Å². The number of rotatable bonds is 7. The second-order valence-corrected chi connectivity index (χ2v) is 7.04. The molecule has 1 heterocycles. The minimum atomic E-state index is -0.545. The normalized spacial score (nSPS) is 14.6. The molecular weight excluding hydrogens is 396 g/mol. The number of hydrogen-bond donors (Lipinski definition) is 2. The van der Waals surface area contributed by atoms with Crippen LogP contribution in [0.15, 0.2) is 72.8 Å². The van der Waals surface area contributed by atoms with Gasteiger partial charge in [0.25, 0.3) is 11.8 Å². The van der Waals surface area contributed by atoms with Crippen molar-refractivity contribution in [3.05, 3.63) is 78.4 Å². The number of benzene rings is 3. The van der Waals surface area contributed by atoms with E-state index >= 15 is 0 Å². The Bertz CT molecular complexity index is 1070. The van der Waals surface area contributed by atoms with Gasteiger partial charge in [0, 0.05) is 5.69 Å². The van der Waals surface area contributed by atoms with Gasteiger partial charge in [-0.25, -0.2) is 0 Å². The van der Waals surface area contributed by atoms with Crippen molar-refractivity contribution < 1.29 is 23.8 Å². The lowest BCUT2D eigenvalue weighted by Gasteiger charge is -2.23. The molecule has 1 aliphatic rings. The number of fused-ring (bicyclic) bond motifs is 1. The number of nitrogens with one attached hydrogen (secondary N) is 2. The molecule has 7 heteroatoms. The summed E-state index contributed by atoms with van der Waals surface area (Å²) < 4.78 is 16.8. The van der Waals surface area contributed by atoms with Crippen LogP contribution in [0.25, 0.3) is 0 Å². The Labute approximate surface area is 179 Å². The maximum atomic E-state index is 12.2. The zero-order valence-electron chi connectivity index (χ0n) is 17.0. The Balaban J connectivity index is 1.26. The van der Waals surface area contributed by atoms with Gasteiger partial charge in [-0.1, -0.05) is 30.3 Å². The maximum Gasteiger partial charge on any atom is 0.265 e. The first kappa shape index (κ1) is 20.3. The third kappa shape index (κ3) is 5.33. The topological polar surface area (TPSA) is 85.9 Å². The molecule has 0 saturated carbocycles. The molecule has 0 saturated heterocycles. The van der Waals surface area contributed by atoms with Gasteiger partial charge < -0.3 is 24.8 Å². The second-order valence-electron chi connectivity index (χ2n) is 7.04. The van der Waals surface area contributed by atoms with E-state index in [0.717, 1.165) is 5.56 Å². The molecule has 3 aromatic rings. The third-order valence-electron chi connectivity index (χ3n) is 4.64. The predicted molar refractivity (Wildman–Crippen MR) is 117 cm³/mol. The smallest absolute Gasteiger partial charge is 0.265 e. The van der Waals surface area contributed by atoms with E-state index in [1.54, 1.807) is 49.4 Å². The average molecular weight is 418 g/mol. The minimum absolute atomic E-state index is 0.152. The molecule has 7 nitrogen and oxygen atoms in total. The summed E-state index contributed by atoms with van der Waals surface area (Å²) in [6.07, 6.45) is -0.545. The first-order valence-electron chi connectivity index (χ1n) is 9.88. The highest BCUT2D eigenvalue weighted by atomic mass is 16.5. The zero-order chi connectivity index (χ0) is 21.6. The number of amides is 2. The van der Waals surface area contributed by atoms with Crippen LogP contribution in [0.1, 0.15) is 12.5 Å². The van der Waals surface area contributed by atoms with Crippen LogP contribution in [0.4, 0.5) is 11.4 Å². The monoisotopic (exact) mass is 418 g/mol. The summed E-state index contributed by atoms with van der Waals surface area (Å²) >= 11 is 0. The van der Waals surface area contributed by atoms with Crippen molar-refractivity contribution in [1.82, 2.24) is 0 Å². The molecule has 1 unspecified atom stereocenters. The molecule has 0 bridgehead atoms. The van der Waals surface area contributed by atoms with Crippen molar-refractivity contribution in [3.63, 3.8) is 0 Å². The summed E-state index contributed by atoms with van der Waals surface area (Å²) in [5, 5.41) is 5.49. The molecule has 0 fully saturated rings. The lowest BCUT2D eigenvalue weighted by atomic mass is 10.2. The fourth-order valence-electron chi connectivity index (χ4n) is 3.01. The quantitative estimate of drug-likeness (QED) is 0.606. The third-order valence-corrected chi connectivity index (χ3v) is 4.64. The van der Waals surface area contributed by atoms with E-state index in [0.29, 0.717) is 35.2 Å². The highest BCUT2D eigenvalue weighted by molar-refractivity contribution is 5.99. The number of anilines is 2. The molecule has 1 atom stereocenters. The second kappa shape index (κ2) is 9.21. The van der Waals surface area contributed by atoms with Crippen LogP contribution in [0, 0.1) is 0 Å². The first-order valence-corrected chi connectivity index (χ1v) is 9.88. The van der Waals surface area contributed by atoms with Crippen LogP contribution >= 0.6 is 0 Å². The highest BCUT2D eigenvalue weighted by Gasteiger charge is 2.23. The van der Waals surface area contributed by atoms with Crippen LogP contribution in [0.3, 0.4) is 0 Å². The van der Waals surface area contributed by atoms with Gasteiger partial charge in [-0.3, -0.25) is 9.59 Å². The zero-order valence-corrected chi connectivity index (χ0v) is 17.0. The van der Waals surface area contributed by atoms with Crippen LogP contribution in [-0.2, 0) is 16.2 Å². The Hall–Kier alpha value is -4.00. The van der Waals surface area contributed by atoms with Crippen LogP contribution < -0.4 is 24.8 Å². The number of carbonyl (C=O) groups excluding carboxylic acids is 2. The molecule has 3 aromatic carbocycles. The van der Waals surface area contributed by atoms with Gasteiger partial charge in [0.2, 0.25) is 0 Å². The summed E-state index contributed by atoms with van der Waals surface area (Å²) in [6, 6.07) is 22.0. The van der Waals surface area contributed by atoms with E-state index in [2.05, 4.69) is 10.6 Å².